The molecule has 3 aromatic carbocycles. The molecule has 0 unspecified atom stereocenters. The number of carbonyl (C=O) groups is 1. The first-order valence-electron chi connectivity index (χ1n) is 12.5. The Labute approximate surface area is 222 Å². The largest absolute Gasteiger partial charge is 0.482 e. The van der Waals surface area contributed by atoms with Crippen LogP contribution in [0, 0.1) is 27.3 Å². The number of aryl methyl sites for hydroxylation is 3. The number of pyridine rings is 1. The van der Waals surface area contributed by atoms with Gasteiger partial charge in [-0.1, -0.05) is 54.1 Å². The van der Waals surface area contributed by atoms with Gasteiger partial charge in [-0.2, -0.15) is 0 Å². The molecule has 0 saturated carbocycles. The van der Waals surface area contributed by atoms with Crippen LogP contribution >= 0.6 is 0 Å². The van der Waals surface area contributed by atoms with Gasteiger partial charge in [0.2, 0.25) is 0 Å². The summed E-state index contributed by atoms with van der Waals surface area (Å²) in [6.07, 6.45) is 0. The van der Waals surface area contributed by atoms with Crippen molar-refractivity contribution in [3.8, 4) is 28.1 Å². The molecule has 6 heteroatoms. The molecule has 0 N–H and O–H groups in total. The molecule has 0 fully saturated rings. The van der Waals surface area contributed by atoms with E-state index < -0.39 is 5.97 Å². The van der Waals surface area contributed by atoms with Gasteiger partial charge in [0, 0.05) is 5.69 Å². The van der Waals surface area contributed by atoms with Gasteiger partial charge in [0.15, 0.2) is 6.61 Å². The van der Waals surface area contributed by atoms with Gasteiger partial charge in [-0.05, 0) is 85.3 Å². The summed E-state index contributed by atoms with van der Waals surface area (Å²) in [7, 11) is 0. The Bertz CT molecular complexity index is 1590. The Hall–Kier alpha value is -4.63. The highest BCUT2D eigenvalue weighted by molar-refractivity contribution is 5.74. The number of carbonyl (C=O) groups excluding carboxylic acids is 1. The summed E-state index contributed by atoms with van der Waals surface area (Å²) in [5.74, 6) is 0.143. The van der Waals surface area contributed by atoms with Crippen LogP contribution in [0.5, 0.6) is 5.75 Å². The lowest BCUT2D eigenvalue weighted by Gasteiger charge is -2.18. The first-order chi connectivity index (χ1) is 18.3. The Morgan fingerprint density at radius 1 is 0.895 bits per heavy atom. The van der Waals surface area contributed by atoms with Crippen LogP contribution in [-0.2, 0) is 16.1 Å². The maximum Gasteiger partial charge on any atom is 0.344 e. The van der Waals surface area contributed by atoms with Gasteiger partial charge in [-0.15, -0.1) is 0 Å². The highest BCUT2D eigenvalue weighted by atomic mass is 16.6. The van der Waals surface area contributed by atoms with Crippen molar-refractivity contribution in [1.82, 2.24) is 4.57 Å². The second-order valence-electron chi connectivity index (χ2n) is 9.20. The van der Waals surface area contributed by atoms with Crippen molar-refractivity contribution in [2.75, 3.05) is 13.2 Å². The molecule has 1 aromatic heterocycles. The Balaban J connectivity index is 1.75. The molecule has 0 aliphatic carbocycles. The average Bonchev–Trinajstić information content (AvgIpc) is 2.91. The Kier molecular flexibility index (Phi) is 8.08. The number of rotatable bonds is 8. The standard InChI is InChI=1S/C32H30N2O4/c1-6-37-30(35)20-38-28-12-8-10-25(18-28)24-9-7-11-26(17-24)29-16-23(4)31(33-5)32(36)34(29)19-27-14-13-21(2)15-22(27)3/h7-18H,6,19-20H2,1-4H3. The van der Waals surface area contributed by atoms with E-state index in [0.29, 0.717) is 24.5 Å². The molecule has 0 aliphatic heterocycles. The minimum atomic E-state index is -0.417. The van der Waals surface area contributed by atoms with E-state index in [2.05, 4.69) is 10.9 Å². The lowest BCUT2D eigenvalue weighted by atomic mass is 9.99. The van der Waals surface area contributed by atoms with Crippen LogP contribution in [0.2, 0.25) is 0 Å². The van der Waals surface area contributed by atoms with Crippen LogP contribution in [-0.4, -0.2) is 23.8 Å². The number of hydrogen-bond acceptors (Lipinski definition) is 4. The molecule has 0 aliphatic rings. The summed E-state index contributed by atoms with van der Waals surface area (Å²) in [4.78, 5) is 28.7. The SMILES string of the molecule is [C-]#[N+]c1c(C)cc(-c2cccc(-c3cccc(OCC(=O)OCC)c3)c2)n(Cc2ccc(C)cc2C)c1=O. The fraction of sp³-hybridized carbons (Fsp3) is 0.219. The van der Waals surface area contributed by atoms with Gasteiger partial charge in [0.05, 0.1) is 19.7 Å². The van der Waals surface area contributed by atoms with Gasteiger partial charge >= 0.3 is 5.97 Å². The summed E-state index contributed by atoms with van der Waals surface area (Å²) in [5, 5.41) is 0. The highest BCUT2D eigenvalue weighted by Gasteiger charge is 2.16. The molecule has 0 spiro atoms. The van der Waals surface area contributed by atoms with E-state index in [-0.39, 0.29) is 17.9 Å². The predicted octanol–water partition coefficient (Wildman–Crippen LogP) is 6.65. The number of hydrogen-bond donors (Lipinski definition) is 0. The van der Waals surface area contributed by atoms with Gasteiger partial charge in [0.1, 0.15) is 5.75 Å². The van der Waals surface area contributed by atoms with E-state index in [0.717, 1.165) is 39.1 Å². The van der Waals surface area contributed by atoms with Crippen LogP contribution in [0.4, 0.5) is 5.69 Å². The van der Waals surface area contributed by atoms with E-state index in [9.17, 15) is 9.59 Å². The number of aromatic nitrogens is 1. The van der Waals surface area contributed by atoms with Gasteiger partial charge < -0.3 is 14.0 Å². The van der Waals surface area contributed by atoms with Crippen molar-refractivity contribution < 1.29 is 14.3 Å². The molecular formula is C32H30N2O4. The fourth-order valence-corrected chi connectivity index (χ4v) is 4.45. The molecule has 38 heavy (non-hydrogen) atoms. The molecule has 0 bridgehead atoms. The summed E-state index contributed by atoms with van der Waals surface area (Å²) < 4.78 is 12.2. The lowest BCUT2D eigenvalue weighted by molar-refractivity contribution is -0.145. The van der Waals surface area contributed by atoms with Crippen molar-refractivity contribution in [2.45, 2.75) is 34.2 Å². The predicted molar refractivity (Wildman–Crippen MR) is 150 cm³/mol. The fourth-order valence-electron chi connectivity index (χ4n) is 4.45. The molecule has 0 amide bonds. The quantitative estimate of drug-likeness (QED) is 0.198. The first-order valence-corrected chi connectivity index (χ1v) is 12.5. The summed E-state index contributed by atoms with van der Waals surface area (Å²) >= 11 is 0. The summed E-state index contributed by atoms with van der Waals surface area (Å²) in [6, 6.07) is 23.5. The molecule has 0 saturated heterocycles. The summed E-state index contributed by atoms with van der Waals surface area (Å²) in [6.45, 7) is 15.7. The topological polar surface area (TPSA) is 61.9 Å². The van der Waals surface area contributed by atoms with Gasteiger partial charge in [0.25, 0.3) is 11.2 Å². The van der Waals surface area contributed by atoms with Gasteiger partial charge in [-0.3, -0.25) is 4.79 Å². The minimum Gasteiger partial charge on any atom is -0.482 e. The van der Waals surface area contributed by atoms with E-state index in [1.54, 1.807) is 24.5 Å². The third-order valence-electron chi connectivity index (χ3n) is 6.39. The monoisotopic (exact) mass is 506 g/mol. The molecule has 4 rings (SSSR count). The molecular weight excluding hydrogens is 476 g/mol. The zero-order valence-electron chi connectivity index (χ0n) is 22.1. The second-order valence-corrected chi connectivity index (χ2v) is 9.20. The zero-order chi connectivity index (χ0) is 27.2. The van der Waals surface area contributed by atoms with Crippen molar-refractivity contribution >= 4 is 11.7 Å². The third kappa shape index (κ3) is 5.84. The molecule has 4 aromatic rings. The van der Waals surface area contributed by atoms with E-state index in [1.807, 2.05) is 74.5 Å². The summed E-state index contributed by atoms with van der Waals surface area (Å²) in [5.41, 5.74) is 7.23. The van der Waals surface area contributed by atoms with Crippen molar-refractivity contribution in [2.24, 2.45) is 0 Å². The van der Waals surface area contributed by atoms with E-state index in [1.165, 1.54) is 0 Å². The average molecular weight is 507 g/mol. The number of ether oxygens (including phenoxy) is 2. The highest BCUT2D eigenvalue weighted by Crippen LogP contribution is 2.30. The normalized spacial score (nSPS) is 10.6. The van der Waals surface area contributed by atoms with Crippen molar-refractivity contribution in [3.05, 3.63) is 117 Å². The smallest absolute Gasteiger partial charge is 0.344 e. The van der Waals surface area contributed by atoms with Gasteiger partial charge in [-0.25, -0.2) is 9.64 Å². The number of benzene rings is 3. The van der Waals surface area contributed by atoms with Crippen LogP contribution in [0.1, 0.15) is 29.2 Å². The number of esters is 1. The van der Waals surface area contributed by atoms with Crippen LogP contribution < -0.4 is 10.3 Å². The first kappa shape index (κ1) is 26.4. The minimum absolute atomic E-state index is 0.140. The molecule has 6 nitrogen and oxygen atoms in total. The maximum absolute atomic E-state index is 13.5. The second kappa shape index (κ2) is 11.6. The van der Waals surface area contributed by atoms with Crippen molar-refractivity contribution in [3.63, 3.8) is 0 Å². The van der Waals surface area contributed by atoms with Crippen LogP contribution in [0.15, 0.2) is 77.6 Å². The number of nitrogens with zero attached hydrogens (tertiary/aromatic N) is 2. The Morgan fingerprint density at radius 2 is 1.61 bits per heavy atom. The molecule has 0 radical (unpaired) electrons. The molecule has 192 valence electrons. The molecule has 0 atom stereocenters. The van der Waals surface area contributed by atoms with Crippen LogP contribution in [0.25, 0.3) is 27.2 Å². The third-order valence-corrected chi connectivity index (χ3v) is 6.39. The van der Waals surface area contributed by atoms with E-state index >= 15 is 0 Å². The van der Waals surface area contributed by atoms with E-state index in [4.69, 9.17) is 16.0 Å². The Morgan fingerprint density at radius 3 is 2.32 bits per heavy atom. The zero-order valence-corrected chi connectivity index (χ0v) is 22.1. The van der Waals surface area contributed by atoms with Crippen molar-refractivity contribution in [1.29, 1.82) is 0 Å². The maximum atomic E-state index is 13.5. The van der Waals surface area contributed by atoms with Crippen LogP contribution in [0.3, 0.4) is 0 Å². The molecule has 1 heterocycles. The lowest BCUT2D eigenvalue weighted by Crippen LogP contribution is -2.23.